The van der Waals surface area contributed by atoms with Crippen molar-refractivity contribution in [3.8, 4) is 0 Å². The number of nitro benzene ring substituents is 1. The summed E-state index contributed by atoms with van der Waals surface area (Å²) in [6.45, 7) is 5.38. The highest BCUT2D eigenvalue weighted by molar-refractivity contribution is 6.39. The highest BCUT2D eigenvalue weighted by atomic mass is 16.6. The van der Waals surface area contributed by atoms with Crippen molar-refractivity contribution in [3.63, 3.8) is 0 Å². The Morgan fingerprint density at radius 1 is 1.04 bits per heavy atom. The van der Waals surface area contributed by atoms with Crippen molar-refractivity contribution in [2.24, 2.45) is 5.10 Å². The van der Waals surface area contributed by atoms with Gasteiger partial charge >= 0.3 is 11.8 Å². The molecule has 0 aliphatic heterocycles. The second kappa shape index (κ2) is 8.02. The number of nitrogens with zero attached hydrogens (tertiary/aromatic N) is 2. The predicted molar refractivity (Wildman–Crippen MR) is 98.0 cm³/mol. The number of nitro groups is 1. The predicted octanol–water partition coefficient (Wildman–Crippen LogP) is 2.69. The van der Waals surface area contributed by atoms with Crippen molar-refractivity contribution >= 4 is 28.9 Å². The molecule has 0 aliphatic carbocycles. The minimum atomic E-state index is -0.911. The third kappa shape index (κ3) is 4.73. The van der Waals surface area contributed by atoms with Crippen LogP contribution in [0.1, 0.15) is 23.6 Å². The van der Waals surface area contributed by atoms with Crippen molar-refractivity contribution in [2.45, 2.75) is 20.8 Å². The Labute approximate surface area is 150 Å². The Morgan fingerprint density at radius 2 is 1.69 bits per heavy atom. The summed E-state index contributed by atoms with van der Waals surface area (Å²) < 4.78 is 0. The van der Waals surface area contributed by atoms with Gasteiger partial charge in [0, 0.05) is 17.8 Å². The van der Waals surface area contributed by atoms with Crippen LogP contribution < -0.4 is 10.7 Å². The maximum Gasteiger partial charge on any atom is 0.329 e. The fourth-order valence-electron chi connectivity index (χ4n) is 2.21. The number of benzene rings is 2. The molecule has 0 aromatic heterocycles. The highest BCUT2D eigenvalue weighted by Gasteiger charge is 2.14. The SMILES string of the molecule is CC(=NNC(=O)C(=O)Nc1ccc(C)cc1C)c1ccc([N+](=O)[O-])cc1. The van der Waals surface area contributed by atoms with Gasteiger partial charge in [-0.25, -0.2) is 5.43 Å². The van der Waals surface area contributed by atoms with Gasteiger partial charge < -0.3 is 5.32 Å². The van der Waals surface area contributed by atoms with Crippen LogP contribution in [-0.4, -0.2) is 22.4 Å². The van der Waals surface area contributed by atoms with Gasteiger partial charge in [0.25, 0.3) is 5.69 Å². The summed E-state index contributed by atoms with van der Waals surface area (Å²) in [5.41, 5.74) is 5.57. The molecule has 134 valence electrons. The van der Waals surface area contributed by atoms with Gasteiger partial charge in [0.1, 0.15) is 0 Å². The molecule has 0 saturated heterocycles. The average Bonchev–Trinajstić information content (AvgIpc) is 2.61. The molecule has 2 N–H and O–H groups in total. The number of carbonyl (C=O) groups is 2. The van der Waals surface area contributed by atoms with Gasteiger partial charge in [-0.1, -0.05) is 17.7 Å². The van der Waals surface area contributed by atoms with Crippen molar-refractivity contribution in [1.82, 2.24) is 5.43 Å². The Morgan fingerprint density at radius 3 is 2.27 bits per heavy atom. The molecule has 0 atom stereocenters. The van der Waals surface area contributed by atoms with Gasteiger partial charge in [-0.3, -0.25) is 19.7 Å². The lowest BCUT2D eigenvalue weighted by Gasteiger charge is -2.08. The first-order valence-corrected chi connectivity index (χ1v) is 7.75. The van der Waals surface area contributed by atoms with Crippen LogP contribution in [0, 0.1) is 24.0 Å². The number of hydrazone groups is 1. The number of non-ortho nitro benzene ring substituents is 1. The summed E-state index contributed by atoms with van der Waals surface area (Å²) in [6, 6.07) is 11.1. The lowest BCUT2D eigenvalue weighted by atomic mass is 10.1. The maximum absolute atomic E-state index is 12.0. The molecular weight excluding hydrogens is 336 g/mol. The molecule has 0 heterocycles. The number of hydrogen-bond acceptors (Lipinski definition) is 5. The normalized spacial score (nSPS) is 11.0. The minimum absolute atomic E-state index is 0.0431. The molecular formula is C18H18N4O4. The van der Waals surface area contributed by atoms with E-state index in [0.29, 0.717) is 17.0 Å². The van der Waals surface area contributed by atoms with E-state index in [2.05, 4.69) is 15.8 Å². The van der Waals surface area contributed by atoms with E-state index in [1.165, 1.54) is 24.3 Å². The molecule has 8 nitrogen and oxygen atoms in total. The van der Waals surface area contributed by atoms with Crippen LogP contribution in [0.4, 0.5) is 11.4 Å². The molecule has 2 rings (SSSR count). The van der Waals surface area contributed by atoms with E-state index < -0.39 is 16.7 Å². The van der Waals surface area contributed by atoms with Gasteiger partial charge in [0.15, 0.2) is 0 Å². The summed E-state index contributed by atoms with van der Waals surface area (Å²) >= 11 is 0. The number of hydrogen-bond donors (Lipinski definition) is 2. The van der Waals surface area contributed by atoms with Crippen LogP contribution in [0.15, 0.2) is 47.6 Å². The van der Waals surface area contributed by atoms with Gasteiger partial charge in [-0.15, -0.1) is 0 Å². The van der Waals surface area contributed by atoms with Crippen molar-refractivity contribution in [2.75, 3.05) is 5.32 Å². The molecule has 0 spiro atoms. The highest BCUT2D eigenvalue weighted by Crippen LogP contribution is 2.16. The lowest BCUT2D eigenvalue weighted by molar-refractivity contribution is -0.384. The van der Waals surface area contributed by atoms with E-state index in [1.54, 1.807) is 13.0 Å². The van der Waals surface area contributed by atoms with Crippen molar-refractivity contribution in [1.29, 1.82) is 0 Å². The second-order valence-electron chi connectivity index (χ2n) is 5.71. The third-order valence-corrected chi connectivity index (χ3v) is 3.66. The zero-order valence-electron chi connectivity index (χ0n) is 14.6. The van der Waals surface area contributed by atoms with Gasteiger partial charge in [0.2, 0.25) is 0 Å². The molecule has 0 bridgehead atoms. The molecule has 0 aliphatic rings. The average molecular weight is 354 g/mol. The monoisotopic (exact) mass is 354 g/mol. The van der Waals surface area contributed by atoms with E-state index in [0.717, 1.165) is 11.1 Å². The van der Waals surface area contributed by atoms with Crippen LogP contribution in [0.3, 0.4) is 0 Å². The van der Waals surface area contributed by atoms with Gasteiger partial charge in [0.05, 0.1) is 10.6 Å². The summed E-state index contributed by atoms with van der Waals surface area (Å²) in [5.74, 6) is -1.75. The first-order chi connectivity index (χ1) is 12.3. The van der Waals surface area contributed by atoms with E-state index in [1.807, 2.05) is 26.0 Å². The molecule has 0 saturated carbocycles. The quantitative estimate of drug-likeness (QED) is 0.380. The van der Waals surface area contributed by atoms with E-state index in [9.17, 15) is 19.7 Å². The molecule has 2 aromatic rings. The Kier molecular flexibility index (Phi) is 5.79. The zero-order chi connectivity index (χ0) is 19.3. The minimum Gasteiger partial charge on any atom is -0.317 e. The van der Waals surface area contributed by atoms with Crippen LogP contribution >= 0.6 is 0 Å². The number of amides is 2. The molecule has 0 radical (unpaired) electrons. The maximum atomic E-state index is 12.0. The largest absolute Gasteiger partial charge is 0.329 e. The number of aryl methyl sites for hydroxylation is 2. The molecule has 2 aromatic carbocycles. The summed E-state index contributed by atoms with van der Waals surface area (Å²) in [7, 11) is 0. The molecule has 0 fully saturated rings. The standard InChI is InChI=1S/C18H18N4O4/c1-11-4-9-16(12(2)10-11)19-17(23)18(24)21-20-13(3)14-5-7-15(8-6-14)22(25)26/h4-10H,1-3H3,(H,19,23)(H,21,24). The smallest absolute Gasteiger partial charge is 0.317 e. The first kappa shape index (κ1) is 18.8. The van der Waals surface area contributed by atoms with Crippen LogP contribution in [0.5, 0.6) is 0 Å². The summed E-state index contributed by atoms with van der Waals surface area (Å²) in [4.78, 5) is 34.0. The van der Waals surface area contributed by atoms with Crippen molar-refractivity contribution in [3.05, 3.63) is 69.3 Å². The molecule has 8 heteroatoms. The van der Waals surface area contributed by atoms with Crippen LogP contribution in [-0.2, 0) is 9.59 Å². The summed E-state index contributed by atoms with van der Waals surface area (Å²) in [6.07, 6.45) is 0. The molecule has 0 unspecified atom stereocenters. The Balaban J connectivity index is 2.00. The number of rotatable bonds is 4. The fraction of sp³-hybridized carbons (Fsp3) is 0.167. The lowest BCUT2D eigenvalue weighted by Crippen LogP contribution is -2.33. The van der Waals surface area contributed by atoms with Crippen LogP contribution in [0.2, 0.25) is 0 Å². The Hall–Kier alpha value is -3.55. The first-order valence-electron chi connectivity index (χ1n) is 7.75. The van der Waals surface area contributed by atoms with Crippen LogP contribution in [0.25, 0.3) is 0 Å². The zero-order valence-corrected chi connectivity index (χ0v) is 14.6. The van der Waals surface area contributed by atoms with E-state index in [-0.39, 0.29) is 5.69 Å². The Bertz CT molecular complexity index is 889. The van der Waals surface area contributed by atoms with E-state index >= 15 is 0 Å². The fourth-order valence-corrected chi connectivity index (χ4v) is 2.21. The number of carbonyl (C=O) groups excluding carboxylic acids is 2. The number of nitrogens with one attached hydrogen (secondary N) is 2. The topological polar surface area (TPSA) is 114 Å². The number of anilines is 1. The van der Waals surface area contributed by atoms with E-state index in [4.69, 9.17) is 0 Å². The van der Waals surface area contributed by atoms with Gasteiger partial charge in [-0.05, 0) is 50.1 Å². The third-order valence-electron chi connectivity index (χ3n) is 3.66. The van der Waals surface area contributed by atoms with Gasteiger partial charge in [-0.2, -0.15) is 5.10 Å². The second-order valence-corrected chi connectivity index (χ2v) is 5.71. The van der Waals surface area contributed by atoms with Crippen molar-refractivity contribution < 1.29 is 14.5 Å². The molecule has 26 heavy (non-hydrogen) atoms. The summed E-state index contributed by atoms with van der Waals surface area (Å²) in [5, 5.41) is 17.0. The molecule has 2 amide bonds.